The van der Waals surface area contributed by atoms with Gasteiger partial charge in [-0.05, 0) is 44.5 Å². The summed E-state index contributed by atoms with van der Waals surface area (Å²) in [5.41, 5.74) is 3.17. The molecule has 0 fully saturated rings. The molecule has 0 radical (unpaired) electrons. The molecule has 0 bridgehead atoms. The highest BCUT2D eigenvalue weighted by atomic mass is 19.1. The van der Waals surface area contributed by atoms with Gasteiger partial charge in [0.25, 0.3) is 0 Å². The third kappa shape index (κ3) is 2.71. The molecule has 0 amide bonds. The number of pyridine rings is 1. The van der Waals surface area contributed by atoms with Gasteiger partial charge in [0.2, 0.25) is 0 Å². The molecule has 0 aliphatic carbocycles. The normalized spacial score (nSPS) is 11.5. The largest absolute Gasteiger partial charge is 0.256 e. The summed E-state index contributed by atoms with van der Waals surface area (Å²) in [6.45, 7) is 3.80. The van der Waals surface area contributed by atoms with Gasteiger partial charge in [0.15, 0.2) is 11.5 Å². The maximum Gasteiger partial charge on any atom is 0.177 e. The maximum absolute atomic E-state index is 13.9. The van der Waals surface area contributed by atoms with Crippen molar-refractivity contribution in [3.8, 4) is 0 Å². The number of hydrogen-bond acceptors (Lipinski definition) is 4. The molecular formula is C18H15F2N5. The second kappa shape index (κ2) is 5.84. The van der Waals surface area contributed by atoms with E-state index in [1.807, 2.05) is 13.8 Å². The Bertz CT molecular complexity index is 1060. The van der Waals surface area contributed by atoms with Gasteiger partial charge in [-0.3, -0.25) is 4.98 Å². The summed E-state index contributed by atoms with van der Waals surface area (Å²) in [5.74, 6) is -0.335. The zero-order valence-corrected chi connectivity index (χ0v) is 13.8. The predicted molar refractivity (Wildman–Crippen MR) is 89.3 cm³/mol. The first-order valence-corrected chi connectivity index (χ1v) is 7.94. The van der Waals surface area contributed by atoms with E-state index in [0.29, 0.717) is 24.4 Å². The Morgan fingerprint density at radius 1 is 0.960 bits per heavy atom. The molecule has 4 aromatic rings. The van der Waals surface area contributed by atoms with E-state index in [0.717, 1.165) is 29.2 Å². The van der Waals surface area contributed by atoms with E-state index in [1.54, 1.807) is 22.8 Å². The number of fused-ring (bicyclic) bond motifs is 2. The van der Waals surface area contributed by atoms with Crippen LogP contribution in [0.5, 0.6) is 0 Å². The average Bonchev–Trinajstić information content (AvgIpc) is 3.05. The summed E-state index contributed by atoms with van der Waals surface area (Å²) in [6, 6.07) is 5.47. The van der Waals surface area contributed by atoms with Gasteiger partial charge in [0.05, 0.1) is 11.4 Å². The second-order valence-electron chi connectivity index (χ2n) is 5.98. The van der Waals surface area contributed by atoms with Crippen LogP contribution in [0.15, 0.2) is 30.5 Å². The van der Waals surface area contributed by atoms with E-state index in [2.05, 4.69) is 20.1 Å². The Hall–Kier alpha value is -2.96. The van der Waals surface area contributed by atoms with Gasteiger partial charge in [-0.1, -0.05) is 0 Å². The van der Waals surface area contributed by atoms with Crippen molar-refractivity contribution in [3.63, 3.8) is 0 Å². The number of aryl methyl sites for hydroxylation is 4. The van der Waals surface area contributed by atoms with Crippen molar-refractivity contribution in [1.29, 1.82) is 0 Å². The number of aromatic nitrogens is 5. The van der Waals surface area contributed by atoms with Gasteiger partial charge < -0.3 is 0 Å². The third-order valence-corrected chi connectivity index (χ3v) is 4.17. The zero-order valence-electron chi connectivity index (χ0n) is 13.8. The first kappa shape index (κ1) is 15.6. The summed E-state index contributed by atoms with van der Waals surface area (Å²) in [5, 5.41) is 4.67. The smallest absolute Gasteiger partial charge is 0.177 e. The van der Waals surface area contributed by atoms with Crippen molar-refractivity contribution < 1.29 is 8.78 Å². The molecule has 0 spiro atoms. The van der Waals surface area contributed by atoms with Crippen molar-refractivity contribution in [3.05, 3.63) is 65.0 Å². The lowest BCUT2D eigenvalue weighted by molar-refractivity contribution is 0.614. The number of rotatable bonds is 3. The predicted octanol–water partition coefficient (Wildman–Crippen LogP) is 3.35. The molecule has 0 N–H and O–H groups in total. The highest BCUT2D eigenvalue weighted by molar-refractivity contribution is 5.79. The van der Waals surface area contributed by atoms with Crippen molar-refractivity contribution in [2.45, 2.75) is 26.7 Å². The Kier molecular flexibility index (Phi) is 3.63. The van der Waals surface area contributed by atoms with Crippen molar-refractivity contribution in [2.75, 3.05) is 0 Å². The zero-order chi connectivity index (χ0) is 17.6. The summed E-state index contributed by atoms with van der Waals surface area (Å²) >= 11 is 0. The molecule has 3 heterocycles. The fourth-order valence-corrected chi connectivity index (χ4v) is 2.81. The number of hydrogen-bond donors (Lipinski definition) is 0. The van der Waals surface area contributed by atoms with Gasteiger partial charge in [0, 0.05) is 23.7 Å². The van der Waals surface area contributed by atoms with Crippen LogP contribution < -0.4 is 0 Å². The molecule has 0 saturated heterocycles. The number of benzene rings is 1. The van der Waals surface area contributed by atoms with Gasteiger partial charge in [-0.15, -0.1) is 0 Å². The summed E-state index contributed by atoms with van der Waals surface area (Å²) in [4.78, 5) is 13.0. The Labute approximate surface area is 142 Å². The lowest BCUT2D eigenvalue weighted by atomic mass is 10.1. The molecule has 0 atom stereocenters. The fraction of sp³-hybridized carbons (Fsp3) is 0.222. The molecule has 0 aliphatic rings. The minimum atomic E-state index is -0.526. The van der Waals surface area contributed by atoms with E-state index in [1.165, 1.54) is 0 Å². The van der Waals surface area contributed by atoms with Crippen LogP contribution >= 0.6 is 0 Å². The SMILES string of the molecule is Cc1ncc(C)n2nc(CCc3ccc4c(F)ccc(F)c4n3)nc12. The maximum atomic E-state index is 13.9. The molecule has 0 saturated carbocycles. The van der Waals surface area contributed by atoms with Gasteiger partial charge in [-0.25, -0.2) is 23.3 Å². The summed E-state index contributed by atoms with van der Waals surface area (Å²) < 4.78 is 29.3. The monoisotopic (exact) mass is 339 g/mol. The molecule has 25 heavy (non-hydrogen) atoms. The molecule has 0 unspecified atom stereocenters. The van der Waals surface area contributed by atoms with Crippen LogP contribution in [0.25, 0.3) is 16.6 Å². The van der Waals surface area contributed by atoms with E-state index < -0.39 is 11.6 Å². The second-order valence-corrected chi connectivity index (χ2v) is 5.98. The van der Waals surface area contributed by atoms with Crippen LogP contribution in [0, 0.1) is 25.5 Å². The molecule has 4 rings (SSSR count). The molecule has 3 aromatic heterocycles. The highest BCUT2D eigenvalue weighted by Gasteiger charge is 2.11. The van der Waals surface area contributed by atoms with Crippen molar-refractivity contribution >= 4 is 16.6 Å². The quantitative estimate of drug-likeness (QED) is 0.574. The van der Waals surface area contributed by atoms with Crippen LogP contribution in [0.1, 0.15) is 22.9 Å². The number of halogens is 2. The van der Waals surface area contributed by atoms with E-state index in [9.17, 15) is 8.78 Å². The van der Waals surface area contributed by atoms with Crippen LogP contribution in [0.3, 0.4) is 0 Å². The van der Waals surface area contributed by atoms with Gasteiger partial charge >= 0.3 is 0 Å². The number of nitrogens with zero attached hydrogens (tertiary/aromatic N) is 5. The lowest BCUT2D eigenvalue weighted by Gasteiger charge is -2.03. The molecule has 7 heteroatoms. The molecule has 0 aliphatic heterocycles. The van der Waals surface area contributed by atoms with Gasteiger partial charge in [-0.2, -0.15) is 5.10 Å². The fourth-order valence-electron chi connectivity index (χ4n) is 2.81. The van der Waals surface area contributed by atoms with Crippen molar-refractivity contribution in [2.24, 2.45) is 0 Å². The molecule has 5 nitrogen and oxygen atoms in total. The van der Waals surface area contributed by atoms with E-state index in [4.69, 9.17) is 0 Å². The molecule has 1 aromatic carbocycles. The summed E-state index contributed by atoms with van der Waals surface area (Å²) in [6.07, 6.45) is 2.84. The summed E-state index contributed by atoms with van der Waals surface area (Å²) in [7, 11) is 0. The minimum Gasteiger partial charge on any atom is -0.256 e. The van der Waals surface area contributed by atoms with Crippen LogP contribution in [0.4, 0.5) is 8.78 Å². The van der Waals surface area contributed by atoms with Crippen molar-refractivity contribution in [1.82, 2.24) is 24.6 Å². The Balaban J connectivity index is 1.63. The molecule has 126 valence electrons. The molecular weight excluding hydrogens is 324 g/mol. The Morgan fingerprint density at radius 2 is 1.76 bits per heavy atom. The van der Waals surface area contributed by atoms with Crippen LogP contribution in [0.2, 0.25) is 0 Å². The van der Waals surface area contributed by atoms with E-state index in [-0.39, 0.29) is 10.9 Å². The highest BCUT2D eigenvalue weighted by Crippen LogP contribution is 2.20. The Morgan fingerprint density at radius 3 is 2.56 bits per heavy atom. The van der Waals surface area contributed by atoms with E-state index >= 15 is 0 Å². The first-order chi connectivity index (χ1) is 12.0. The van der Waals surface area contributed by atoms with Crippen LogP contribution in [-0.4, -0.2) is 24.6 Å². The third-order valence-electron chi connectivity index (χ3n) is 4.17. The first-order valence-electron chi connectivity index (χ1n) is 7.94. The lowest BCUT2D eigenvalue weighted by Crippen LogP contribution is -1.99. The minimum absolute atomic E-state index is 0.0522. The average molecular weight is 339 g/mol. The standard InChI is InChI=1S/C18H15F2N5/c1-10-9-21-11(2)18-23-16(24-25(10)18)8-4-12-3-5-13-14(19)6-7-15(20)17(13)22-12/h3,5-7,9H,4,8H2,1-2H3. The van der Waals surface area contributed by atoms with Gasteiger partial charge in [0.1, 0.15) is 17.2 Å². The van der Waals surface area contributed by atoms with Crippen LogP contribution in [-0.2, 0) is 12.8 Å². The topological polar surface area (TPSA) is 56.0 Å².